The van der Waals surface area contributed by atoms with Crippen LogP contribution in [-0.4, -0.2) is 57.1 Å². The number of rotatable bonds is 5. The number of ketones is 1. The molecule has 0 spiro atoms. The van der Waals surface area contributed by atoms with Crippen LogP contribution < -0.4 is 0 Å². The second-order valence-corrected chi connectivity index (χ2v) is 9.44. The van der Waals surface area contributed by atoms with Gasteiger partial charge >= 0.3 is 0 Å². The predicted octanol–water partition coefficient (Wildman–Crippen LogP) is 5.21. The molecule has 6 nitrogen and oxygen atoms in total. The number of thiazole rings is 1. The number of fused-ring (bicyclic) bond motifs is 1. The molecule has 1 N–H and O–H groups in total. The van der Waals surface area contributed by atoms with Gasteiger partial charge in [0.2, 0.25) is 0 Å². The van der Waals surface area contributed by atoms with Gasteiger partial charge in [0, 0.05) is 60.1 Å². The first-order valence-electron chi connectivity index (χ1n) is 11.5. The normalized spacial score (nSPS) is 16.7. The Kier molecular flexibility index (Phi) is 6.21. The number of aromatic amines is 1. The van der Waals surface area contributed by atoms with Crippen LogP contribution in [0.1, 0.15) is 29.8 Å². The van der Waals surface area contributed by atoms with Crippen molar-refractivity contribution in [3.63, 3.8) is 0 Å². The summed E-state index contributed by atoms with van der Waals surface area (Å²) in [4.78, 5) is 37.7. The average molecular weight is 489 g/mol. The molecule has 0 aliphatic carbocycles. The van der Waals surface area contributed by atoms with Crippen LogP contribution in [0.2, 0.25) is 0 Å². The molecule has 178 valence electrons. The summed E-state index contributed by atoms with van der Waals surface area (Å²) in [5, 5.41) is 2.67. The SMILES string of the molecule is CC=C(c1ccccc1)N1CCN(C(=O)C(=O)c2c[nH]c3c(-c4nccs4)ccc(F)c23)[C@@H](C)C1. The molecule has 2 aromatic carbocycles. The van der Waals surface area contributed by atoms with Gasteiger partial charge in [0.1, 0.15) is 10.8 Å². The molecule has 1 aliphatic heterocycles. The molecule has 4 aromatic rings. The molecular formula is C27H25FN4O2S. The van der Waals surface area contributed by atoms with Crippen molar-refractivity contribution in [3.05, 3.63) is 83.3 Å². The molecule has 3 heterocycles. The third-order valence-corrected chi connectivity index (χ3v) is 7.26. The van der Waals surface area contributed by atoms with E-state index in [1.54, 1.807) is 17.2 Å². The fourth-order valence-electron chi connectivity index (χ4n) is 4.79. The zero-order valence-corrected chi connectivity index (χ0v) is 20.3. The quantitative estimate of drug-likeness (QED) is 0.309. The number of piperazine rings is 1. The molecule has 1 atom stereocenters. The first-order valence-corrected chi connectivity index (χ1v) is 12.4. The van der Waals surface area contributed by atoms with Crippen LogP contribution >= 0.6 is 11.3 Å². The van der Waals surface area contributed by atoms with Crippen molar-refractivity contribution in [2.45, 2.75) is 19.9 Å². The van der Waals surface area contributed by atoms with Gasteiger partial charge in [0.25, 0.3) is 11.7 Å². The van der Waals surface area contributed by atoms with Gasteiger partial charge in [0.15, 0.2) is 0 Å². The molecule has 0 radical (unpaired) electrons. The van der Waals surface area contributed by atoms with Gasteiger partial charge in [-0.25, -0.2) is 9.37 Å². The van der Waals surface area contributed by atoms with E-state index in [4.69, 9.17) is 0 Å². The fraction of sp³-hybridized carbons (Fsp3) is 0.222. The molecule has 1 amide bonds. The summed E-state index contributed by atoms with van der Waals surface area (Å²) in [6, 6.07) is 12.9. The summed E-state index contributed by atoms with van der Waals surface area (Å²) in [7, 11) is 0. The number of nitrogens with zero attached hydrogens (tertiary/aromatic N) is 3. The molecule has 8 heteroatoms. The fourth-order valence-corrected chi connectivity index (χ4v) is 5.45. The Hall–Kier alpha value is -3.78. The topological polar surface area (TPSA) is 69.3 Å². The maximum atomic E-state index is 14.9. The highest BCUT2D eigenvalue weighted by atomic mass is 32.1. The predicted molar refractivity (Wildman–Crippen MR) is 137 cm³/mol. The summed E-state index contributed by atoms with van der Waals surface area (Å²) in [6.07, 6.45) is 5.17. The van der Waals surface area contributed by atoms with Crippen LogP contribution in [0.3, 0.4) is 0 Å². The van der Waals surface area contributed by atoms with Crippen molar-refractivity contribution >= 4 is 39.6 Å². The third kappa shape index (κ3) is 4.14. The van der Waals surface area contributed by atoms with E-state index in [1.807, 2.05) is 37.4 Å². The highest BCUT2D eigenvalue weighted by Crippen LogP contribution is 2.33. The minimum absolute atomic E-state index is 0.0500. The number of carbonyl (C=O) groups excluding carboxylic acids is 2. The van der Waals surface area contributed by atoms with Gasteiger partial charge in [-0.05, 0) is 31.5 Å². The van der Waals surface area contributed by atoms with Gasteiger partial charge in [-0.3, -0.25) is 9.59 Å². The number of halogens is 1. The Morgan fingerprint density at radius 1 is 1.17 bits per heavy atom. The van der Waals surface area contributed by atoms with E-state index in [-0.39, 0.29) is 17.0 Å². The van der Waals surface area contributed by atoms with Crippen molar-refractivity contribution in [2.75, 3.05) is 19.6 Å². The number of aromatic nitrogens is 2. The molecule has 0 bridgehead atoms. The Labute approximate surface area is 206 Å². The number of nitrogens with one attached hydrogen (secondary N) is 1. The maximum absolute atomic E-state index is 14.9. The molecular weight excluding hydrogens is 463 g/mol. The zero-order chi connectivity index (χ0) is 24.5. The summed E-state index contributed by atoms with van der Waals surface area (Å²) >= 11 is 1.42. The standard InChI is InChI=1S/C27H25FN4O2S/c1-3-22(18-7-5-4-6-8-18)31-12-13-32(17(2)16-31)27(34)25(33)20-15-30-24-19(26-29-11-14-35-26)9-10-21(28)23(20)24/h3-11,14-15,17,30H,12-13,16H2,1-2H3/t17-/m0/s1. The molecule has 1 aliphatic rings. The molecule has 1 saturated heterocycles. The van der Waals surface area contributed by atoms with Crippen LogP contribution in [0.4, 0.5) is 4.39 Å². The van der Waals surface area contributed by atoms with Crippen molar-refractivity contribution in [2.24, 2.45) is 0 Å². The van der Waals surface area contributed by atoms with Gasteiger partial charge in [-0.1, -0.05) is 36.4 Å². The highest BCUT2D eigenvalue weighted by molar-refractivity contribution is 7.13. The summed E-state index contributed by atoms with van der Waals surface area (Å²) < 4.78 is 14.9. The molecule has 0 saturated carbocycles. The van der Waals surface area contributed by atoms with Gasteiger partial charge in [-0.15, -0.1) is 11.3 Å². The Bertz CT molecular complexity index is 1410. The Morgan fingerprint density at radius 2 is 1.97 bits per heavy atom. The van der Waals surface area contributed by atoms with Crippen molar-refractivity contribution in [1.29, 1.82) is 0 Å². The van der Waals surface area contributed by atoms with E-state index in [2.05, 4.69) is 33.1 Å². The largest absolute Gasteiger partial charge is 0.367 e. The molecule has 0 unspecified atom stereocenters. The van der Waals surface area contributed by atoms with Gasteiger partial charge in [-0.2, -0.15) is 0 Å². The number of Topliss-reactive ketones (excluding diaryl/α,β-unsaturated/α-hetero) is 1. The lowest BCUT2D eigenvalue weighted by atomic mass is 10.0. The monoisotopic (exact) mass is 488 g/mol. The lowest BCUT2D eigenvalue weighted by Crippen LogP contribution is -2.54. The van der Waals surface area contributed by atoms with E-state index in [0.717, 1.165) is 11.3 Å². The third-order valence-electron chi connectivity index (χ3n) is 6.46. The molecule has 35 heavy (non-hydrogen) atoms. The van der Waals surface area contributed by atoms with E-state index >= 15 is 0 Å². The van der Waals surface area contributed by atoms with Crippen LogP contribution in [0.5, 0.6) is 0 Å². The Morgan fingerprint density at radius 3 is 2.66 bits per heavy atom. The van der Waals surface area contributed by atoms with E-state index in [9.17, 15) is 14.0 Å². The minimum Gasteiger partial charge on any atom is -0.367 e. The number of carbonyl (C=O) groups is 2. The summed E-state index contributed by atoms with van der Waals surface area (Å²) in [5.41, 5.74) is 3.43. The lowest BCUT2D eigenvalue weighted by molar-refractivity contribution is -0.130. The second-order valence-electron chi connectivity index (χ2n) is 8.55. The summed E-state index contributed by atoms with van der Waals surface area (Å²) in [5.74, 6) is -1.86. The van der Waals surface area contributed by atoms with E-state index in [1.165, 1.54) is 23.6 Å². The van der Waals surface area contributed by atoms with Crippen LogP contribution in [0.25, 0.3) is 27.2 Å². The lowest BCUT2D eigenvalue weighted by Gasteiger charge is -2.41. The number of hydrogen-bond acceptors (Lipinski definition) is 5. The number of amides is 1. The Balaban J connectivity index is 1.38. The van der Waals surface area contributed by atoms with Crippen LogP contribution in [-0.2, 0) is 4.79 Å². The summed E-state index contributed by atoms with van der Waals surface area (Å²) in [6.45, 7) is 5.55. The number of benzene rings is 2. The van der Waals surface area contributed by atoms with Gasteiger partial charge in [0.05, 0.1) is 11.1 Å². The first-order chi connectivity index (χ1) is 17.0. The average Bonchev–Trinajstić information content (AvgIpc) is 3.56. The van der Waals surface area contributed by atoms with Crippen molar-refractivity contribution < 1.29 is 14.0 Å². The van der Waals surface area contributed by atoms with E-state index in [0.29, 0.717) is 35.7 Å². The number of allylic oxidation sites excluding steroid dienone is 1. The second kappa shape index (κ2) is 9.46. The van der Waals surface area contributed by atoms with Crippen LogP contribution in [0.15, 0.2) is 66.3 Å². The maximum Gasteiger partial charge on any atom is 0.295 e. The van der Waals surface area contributed by atoms with E-state index < -0.39 is 17.5 Å². The number of H-pyrrole nitrogens is 1. The highest BCUT2D eigenvalue weighted by Gasteiger charge is 2.34. The molecule has 2 aromatic heterocycles. The van der Waals surface area contributed by atoms with Crippen molar-refractivity contribution in [3.8, 4) is 10.6 Å². The smallest absolute Gasteiger partial charge is 0.295 e. The molecule has 1 fully saturated rings. The zero-order valence-electron chi connectivity index (χ0n) is 19.5. The van der Waals surface area contributed by atoms with Gasteiger partial charge < -0.3 is 14.8 Å². The van der Waals surface area contributed by atoms with Crippen LogP contribution in [0, 0.1) is 5.82 Å². The number of hydrogen-bond donors (Lipinski definition) is 1. The van der Waals surface area contributed by atoms with Crippen molar-refractivity contribution in [1.82, 2.24) is 19.8 Å². The minimum atomic E-state index is -0.707. The first kappa shape index (κ1) is 23.0. The molecule has 5 rings (SSSR count).